The maximum absolute atomic E-state index is 9.73. The van der Waals surface area contributed by atoms with Gasteiger partial charge in [-0.15, -0.1) is 0 Å². The van der Waals surface area contributed by atoms with E-state index in [1.807, 2.05) is 37.4 Å². The van der Waals surface area contributed by atoms with Gasteiger partial charge >= 0.3 is 0 Å². The highest BCUT2D eigenvalue weighted by atomic mass is 16.3. The molecule has 0 aliphatic rings. The predicted molar refractivity (Wildman–Crippen MR) is 83.8 cm³/mol. The van der Waals surface area contributed by atoms with Gasteiger partial charge in [0.2, 0.25) is 0 Å². The molecule has 0 bridgehead atoms. The predicted octanol–water partition coefficient (Wildman–Crippen LogP) is 2.28. The van der Waals surface area contributed by atoms with E-state index in [0.29, 0.717) is 6.54 Å². The SMILES string of the molecule is Cc1ccc(N(C)CC(N)(CO)c2ccccc2)cc1. The second-order valence-electron chi connectivity index (χ2n) is 5.37. The van der Waals surface area contributed by atoms with Crippen molar-refractivity contribution >= 4 is 5.69 Å². The fourth-order valence-corrected chi connectivity index (χ4v) is 2.32. The van der Waals surface area contributed by atoms with E-state index in [1.54, 1.807) is 0 Å². The van der Waals surface area contributed by atoms with E-state index < -0.39 is 5.54 Å². The maximum atomic E-state index is 9.73. The van der Waals surface area contributed by atoms with Crippen LogP contribution in [0, 0.1) is 6.92 Å². The first kappa shape index (κ1) is 14.6. The molecule has 1 atom stereocenters. The Bertz CT molecular complexity index is 539. The van der Waals surface area contributed by atoms with Crippen LogP contribution in [0.5, 0.6) is 0 Å². The number of aryl methyl sites for hydroxylation is 1. The van der Waals surface area contributed by atoms with Crippen LogP contribution >= 0.6 is 0 Å². The van der Waals surface area contributed by atoms with Crippen LogP contribution in [0.4, 0.5) is 5.69 Å². The number of benzene rings is 2. The van der Waals surface area contributed by atoms with E-state index in [2.05, 4.69) is 36.1 Å². The summed E-state index contributed by atoms with van der Waals surface area (Å²) >= 11 is 0. The molecule has 0 saturated carbocycles. The van der Waals surface area contributed by atoms with Crippen molar-refractivity contribution in [2.45, 2.75) is 12.5 Å². The summed E-state index contributed by atoms with van der Waals surface area (Å²) in [6, 6.07) is 18.0. The molecule has 0 heterocycles. The Morgan fingerprint density at radius 1 is 1.05 bits per heavy atom. The molecular weight excluding hydrogens is 248 g/mol. The summed E-state index contributed by atoms with van der Waals surface area (Å²) in [5, 5.41) is 9.73. The summed E-state index contributed by atoms with van der Waals surface area (Å²) in [7, 11) is 1.99. The molecule has 3 heteroatoms. The fourth-order valence-electron chi connectivity index (χ4n) is 2.32. The Labute approximate surface area is 120 Å². The standard InChI is InChI=1S/C17H22N2O/c1-14-8-10-16(11-9-14)19(2)12-17(18,13-20)15-6-4-3-5-7-15/h3-11,20H,12-13,18H2,1-2H3. The lowest BCUT2D eigenvalue weighted by molar-refractivity contribution is 0.200. The van der Waals surface area contributed by atoms with E-state index >= 15 is 0 Å². The van der Waals surface area contributed by atoms with Gasteiger partial charge in [-0.05, 0) is 24.6 Å². The third-order valence-corrected chi connectivity index (χ3v) is 3.62. The van der Waals surface area contributed by atoms with Crippen molar-refractivity contribution in [3.05, 3.63) is 65.7 Å². The van der Waals surface area contributed by atoms with Gasteiger partial charge in [-0.3, -0.25) is 0 Å². The highest BCUT2D eigenvalue weighted by molar-refractivity contribution is 5.47. The molecule has 0 amide bonds. The van der Waals surface area contributed by atoms with Gasteiger partial charge in [0.05, 0.1) is 12.1 Å². The number of likely N-dealkylation sites (N-methyl/N-ethyl adjacent to an activating group) is 1. The average Bonchev–Trinajstić information content (AvgIpc) is 2.48. The summed E-state index contributed by atoms with van der Waals surface area (Å²) in [5.74, 6) is 0. The largest absolute Gasteiger partial charge is 0.394 e. The van der Waals surface area contributed by atoms with Gasteiger partial charge in [-0.1, -0.05) is 48.0 Å². The lowest BCUT2D eigenvalue weighted by Gasteiger charge is -2.33. The molecule has 20 heavy (non-hydrogen) atoms. The van der Waals surface area contributed by atoms with Crippen LogP contribution in [-0.2, 0) is 5.54 Å². The van der Waals surface area contributed by atoms with Crippen molar-refractivity contribution in [1.29, 1.82) is 0 Å². The van der Waals surface area contributed by atoms with Crippen molar-refractivity contribution < 1.29 is 5.11 Å². The number of hydrogen-bond acceptors (Lipinski definition) is 3. The van der Waals surface area contributed by atoms with Crippen molar-refractivity contribution in [2.75, 3.05) is 25.1 Å². The van der Waals surface area contributed by atoms with Crippen molar-refractivity contribution in [1.82, 2.24) is 0 Å². The average molecular weight is 270 g/mol. The number of anilines is 1. The first-order chi connectivity index (χ1) is 9.55. The Kier molecular flexibility index (Phi) is 4.42. The van der Waals surface area contributed by atoms with Gasteiger partial charge in [0.1, 0.15) is 0 Å². The van der Waals surface area contributed by atoms with Crippen molar-refractivity contribution in [2.24, 2.45) is 5.73 Å². The molecule has 2 aromatic carbocycles. The summed E-state index contributed by atoms with van der Waals surface area (Å²) in [4.78, 5) is 2.07. The van der Waals surface area contributed by atoms with Crippen molar-refractivity contribution in [3.8, 4) is 0 Å². The van der Waals surface area contributed by atoms with Crippen molar-refractivity contribution in [3.63, 3.8) is 0 Å². The zero-order chi connectivity index (χ0) is 14.6. The Hall–Kier alpha value is -1.84. The highest BCUT2D eigenvalue weighted by Gasteiger charge is 2.28. The summed E-state index contributed by atoms with van der Waals surface area (Å²) < 4.78 is 0. The summed E-state index contributed by atoms with van der Waals surface area (Å²) in [5.41, 5.74) is 8.90. The molecule has 3 N–H and O–H groups in total. The van der Waals surface area contributed by atoms with Crippen LogP contribution < -0.4 is 10.6 Å². The van der Waals surface area contributed by atoms with Gasteiger partial charge in [0, 0.05) is 19.3 Å². The molecule has 0 aliphatic heterocycles. The Morgan fingerprint density at radius 3 is 2.20 bits per heavy atom. The molecule has 2 aromatic rings. The number of nitrogens with zero attached hydrogens (tertiary/aromatic N) is 1. The lowest BCUT2D eigenvalue weighted by Crippen LogP contribution is -2.49. The second-order valence-corrected chi connectivity index (χ2v) is 5.37. The number of hydrogen-bond donors (Lipinski definition) is 2. The quantitative estimate of drug-likeness (QED) is 0.876. The first-order valence-corrected chi connectivity index (χ1v) is 6.78. The van der Waals surface area contributed by atoms with Gasteiger partial charge in [0.15, 0.2) is 0 Å². The van der Waals surface area contributed by atoms with Gasteiger partial charge < -0.3 is 15.7 Å². The van der Waals surface area contributed by atoms with Gasteiger partial charge in [0.25, 0.3) is 0 Å². The molecule has 3 nitrogen and oxygen atoms in total. The molecule has 0 saturated heterocycles. The van der Waals surface area contributed by atoms with E-state index in [4.69, 9.17) is 5.73 Å². The van der Waals surface area contributed by atoms with Crippen LogP contribution in [0.15, 0.2) is 54.6 Å². The van der Waals surface area contributed by atoms with Crippen LogP contribution in [0.3, 0.4) is 0 Å². The molecule has 0 spiro atoms. The fraction of sp³-hybridized carbons (Fsp3) is 0.294. The third-order valence-electron chi connectivity index (χ3n) is 3.62. The minimum atomic E-state index is -0.763. The molecule has 2 rings (SSSR count). The van der Waals surface area contributed by atoms with Crippen LogP contribution in [0.25, 0.3) is 0 Å². The highest BCUT2D eigenvalue weighted by Crippen LogP contribution is 2.22. The number of aliphatic hydroxyl groups excluding tert-OH is 1. The molecule has 106 valence electrons. The van der Waals surface area contributed by atoms with Gasteiger partial charge in [-0.2, -0.15) is 0 Å². The van der Waals surface area contributed by atoms with E-state index in [1.165, 1.54) is 5.56 Å². The number of aliphatic hydroxyl groups is 1. The lowest BCUT2D eigenvalue weighted by atomic mass is 9.91. The molecule has 0 aromatic heterocycles. The zero-order valence-electron chi connectivity index (χ0n) is 12.1. The van der Waals surface area contributed by atoms with E-state index in [0.717, 1.165) is 11.3 Å². The Balaban J connectivity index is 2.19. The Morgan fingerprint density at radius 2 is 1.65 bits per heavy atom. The minimum absolute atomic E-state index is 0.0901. The van der Waals surface area contributed by atoms with Crippen LogP contribution in [-0.4, -0.2) is 25.3 Å². The summed E-state index contributed by atoms with van der Waals surface area (Å²) in [6.45, 7) is 2.53. The molecule has 0 fully saturated rings. The summed E-state index contributed by atoms with van der Waals surface area (Å²) in [6.07, 6.45) is 0. The normalized spacial score (nSPS) is 13.8. The van der Waals surface area contributed by atoms with E-state index in [9.17, 15) is 5.11 Å². The monoisotopic (exact) mass is 270 g/mol. The van der Waals surface area contributed by atoms with Crippen LogP contribution in [0.2, 0.25) is 0 Å². The zero-order valence-corrected chi connectivity index (χ0v) is 12.1. The number of rotatable bonds is 5. The molecular formula is C17H22N2O. The molecule has 1 unspecified atom stereocenters. The smallest absolute Gasteiger partial charge is 0.0821 e. The third kappa shape index (κ3) is 3.18. The van der Waals surface area contributed by atoms with Crippen LogP contribution in [0.1, 0.15) is 11.1 Å². The topological polar surface area (TPSA) is 49.5 Å². The minimum Gasteiger partial charge on any atom is -0.394 e. The number of nitrogens with two attached hydrogens (primary N) is 1. The first-order valence-electron chi connectivity index (χ1n) is 6.78. The second kappa shape index (κ2) is 6.07. The molecule has 0 aliphatic carbocycles. The van der Waals surface area contributed by atoms with Gasteiger partial charge in [-0.25, -0.2) is 0 Å². The molecule has 0 radical (unpaired) electrons. The maximum Gasteiger partial charge on any atom is 0.0821 e. The van der Waals surface area contributed by atoms with E-state index in [-0.39, 0.29) is 6.61 Å².